The Morgan fingerprint density at radius 2 is 1.61 bits per heavy atom. The highest BCUT2D eigenvalue weighted by atomic mass is 16.5. The third-order valence-electron chi connectivity index (χ3n) is 6.91. The van der Waals surface area contributed by atoms with E-state index in [1.54, 1.807) is 7.11 Å². The number of morpholine rings is 1. The summed E-state index contributed by atoms with van der Waals surface area (Å²) in [6.45, 7) is 8.42. The van der Waals surface area contributed by atoms with Crippen molar-refractivity contribution in [2.24, 2.45) is 0 Å². The number of amides is 3. The molecule has 3 aliphatic heterocycles. The van der Waals surface area contributed by atoms with E-state index in [-0.39, 0.29) is 18.0 Å². The minimum atomic E-state index is -0.0214. The van der Waals surface area contributed by atoms with Gasteiger partial charge in [-0.15, -0.1) is 0 Å². The van der Waals surface area contributed by atoms with E-state index >= 15 is 0 Å². The van der Waals surface area contributed by atoms with Crippen LogP contribution in [0.3, 0.4) is 0 Å². The number of likely N-dealkylation sites (tertiary alicyclic amines) is 1. The molecule has 0 saturated carbocycles. The standard InChI is InChI=1S/C24H37N5O4/c1-32-21-6-4-20(5-7-21)22(27-8-2-3-9-27)18-25-24(31)29-12-10-26(11-13-29)19-23(30)28-14-16-33-17-15-28/h4-7,22H,2-3,8-19H2,1H3,(H,25,31)/t22-/m1/s1. The number of methoxy groups -OCH3 is 1. The predicted octanol–water partition coefficient (Wildman–Crippen LogP) is 1.02. The molecule has 4 rings (SSSR count). The van der Waals surface area contributed by atoms with Gasteiger partial charge >= 0.3 is 6.03 Å². The van der Waals surface area contributed by atoms with Crippen molar-refractivity contribution in [1.82, 2.24) is 24.9 Å². The highest BCUT2D eigenvalue weighted by Gasteiger charge is 2.27. The first-order valence-electron chi connectivity index (χ1n) is 12.1. The molecular weight excluding hydrogens is 422 g/mol. The van der Waals surface area contributed by atoms with Gasteiger partial charge < -0.3 is 24.6 Å². The zero-order valence-corrected chi connectivity index (χ0v) is 19.7. The second-order valence-corrected chi connectivity index (χ2v) is 8.97. The van der Waals surface area contributed by atoms with Crippen LogP contribution in [0.15, 0.2) is 24.3 Å². The van der Waals surface area contributed by atoms with Gasteiger partial charge in [0.05, 0.1) is 32.9 Å². The topological polar surface area (TPSA) is 77.6 Å². The van der Waals surface area contributed by atoms with Crippen molar-refractivity contribution in [2.45, 2.75) is 18.9 Å². The molecule has 0 unspecified atom stereocenters. The van der Waals surface area contributed by atoms with Crippen LogP contribution in [-0.4, -0.2) is 117 Å². The molecule has 9 heteroatoms. The van der Waals surface area contributed by atoms with Crippen molar-refractivity contribution in [1.29, 1.82) is 0 Å². The van der Waals surface area contributed by atoms with E-state index in [0.717, 1.165) is 31.9 Å². The van der Waals surface area contributed by atoms with Crippen LogP contribution in [0, 0.1) is 0 Å². The fourth-order valence-electron chi connectivity index (χ4n) is 4.85. The number of hydrogen-bond acceptors (Lipinski definition) is 6. The minimum absolute atomic E-state index is 0.0214. The number of hydrogen-bond donors (Lipinski definition) is 1. The van der Waals surface area contributed by atoms with Gasteiger partial charge in [-0.2, -0.15) is 0 Å². The van der Waals surface area contributed by atoms with E-state index in [2.05, 4.69) is 27.2 Å². The van der Waals surface area contributed by atoms with E-state index in [0.29, 0.717) is 52.5 Å². The molecule has 3 fully saturated rings. The summed E-state index contributed by atoms with van der Waals surface area (Å²) in [6, 6.07) is 8.30. The quantitative estimate of drug-likeness (QED) is 0.656. The molecule has 1 N–H and O–H groups in total. The second-order valence-electron chi connectivity index (χ2n) is 8.97. The average molecular weight is 460 g/mol. The number of carbonyl (C=O) groups excluding carboxylic acids is 2. The average Bonchev–Trinajstić information content (AvgIpc) is 3.40. The summed E-state index contributed by atoms with van der Waals surface area (Å²) in [6.07, 6.45) is 2.40. The summed E-state index contributed by atoms with van der Waals surface area (Å²) in [5.41, 5.74) is 1.20. The van der Waals surface area contributed by atoms with Crippen LogP contribution in [0.4, 0.5) is 4.79 Å². The number of piperazine rings is 1. The normalized spacial score (nSPS) is 21.1. The summed E-state index contributed by atoms with van der Waals surface area (Å²) in [5.74, 6) is 0.997. The highest BCUT2D eigenvalue weighted by Crippen LogP contribution is 2.26. The van der Waals surface area contributed by atoms with E-state index in [1.807, 2.05) is 21.9 Å². The maximum absolute atomic E-state index is 12.9. The van der Waals surface area contributed by atoms with Crippen molar-refractivity contribution in [3.05, 3.63) is 29.8 Å². The Hall–Kier alpha value is -2.36. The first-order chi connectivity index (χ1) is 16.1. The molecule has 0 aromatic heterocycles. The monoisotopic (exact) mass is 459 g/mol. The number of nitrogens with zero attached hydrogens (tertiary/aromatic N) is 4. The fourth-order valence-corrected chi connectivity index (χ4v) is 4.85. The number of ether oxygens (including phenoxy) is 2. The van der Waals surface area contributed by atoms with Crippen molar-refractivity contribution in [3.8, 4) is 5.75 Å². The van der Waals surface area contributed by atoms with Crippen LogP contribution < -0.4 is 10.1 Å². The Kier molecular flexibility index (Phi) is 8.41. The van der Waals surface area contributed by atoms with Gasteiger partial charge in [0, 0.05) is 45.8 Å². The Morgan fingerprint density at radius 3 is 2.24 bits per heavy atom. The largest absolute Gasteiger partial charge is 0.497 e. The molecule has 1 aromatic carbocycles. The molecule has 9 nitrogen and oxygen atoms in total. The number of rotatable bonds is 7. The van der Waals surface area contributed by atoms with Gasteiger partial charge in [-0.25, -0.2) is 4.79 Å². The molecule has 0 bridgehead atoms. The maximum Gasteiger partial charge on any atom is 0.317 e. The summed E-state index contributed by atoms with van der Waals surface area (Å²) in [5, 5.41) is 3.17. The Labute approximate surface area is 196 Å². The minimum Gasteiger partial charge on any atom is -0.497 e. The van der Waals surface area contributed by atoms with Crippen molar-refractivity contribution < 1.29 is 19.1 Å². The lowest BCUT2D eigenvalue weighted by Gasteiger charge is -2.36. The lowest BCUT2D eigenvalue weighted by molar-refractivity contribution is -0.136. The molecule has 0 aliphatic carbocycles. The Morgan fingerprint density at radius 1 is 0.939 bits per heavy atom. The second kappa shape index (κ2) is 11.7. The van der Waals surface area contributed by atoms with Gasteiger partial charge in [0.2, 0.25) is 5.91 Å². The van der Waals surface area contributed by atoms with Gasteiger partial charge in [-0.1, -0.05) is 12.1 Å². The van der Waals surface area contributed by atoms with Crippen LogP contribution in [-0.2, 0) is 9.53 Å². The summed E-state index contributed by atoms with van der Waals surface area (Å²) < 4.78 is 10.6. The molecule has 1 atom stereocenters. The molecule has 33 heavy (non-hydrogen) atoms. The number of urea groups is 1. The van der Waals surface area contributed by atoms with Gasteiger partial charge in [0.25, 0.3) is 0 Å². The van der Waals surface area contributed by atoms with Gasteiger partial charge in [0.1, 0.15) is 5.75 Å². The third-order valence-corrected chi connectivity index (χ3v) is 6.91. The molecule has 3 saturated heterocycles. The number of benzene rings is 1. The first-order valence-corrected chi connectivity index (χ1v) is 12.1. The van der Waals surface area contributed by atoms with E-state index in [1.165, 1.54) is 18.4 Å². The van der Waals surface area contributed by atoms with Crippen LogP contribution in [0.25, 0.3) is 0 Å². The molecule has 0 radical (unpaired) electrons. The summed E-state index contributed by atoms with van der Waals surface area (Å²) in [4.78, 5) is 33.7. The predicted molar refractivity (Wildman–Crippen MR) is 125 cm³/mol. The van der Waals surface area contributed by atoms with Gasteiger partial charge in [0.15, 0.2) is 0 Å². The van der Waals surface area contributed by atoms with Crippen LogP contribution >= 0.6 is 0 Å². The maximum atomic E-state index is 12.9. The van der Waals surface area contributed by atoms with Gasteiger partial charge in [-0.3, -0.25) is 14.6 Å². The molecule has 3 heterocycles. The number of nitrogens with one attached hydrogen (secondary N) is 1. The smallest absolute Gasteiger partial charge is 0.317 e. The molecule has 182 valence electrons. The van der Waals surface area contributed by atoms with E-state index in [9.17, 15) is 9.59 Å². The van der Waals surface area contributed by atoms with Gasteiger partial charge in [-0.05, 0) is 43.6 Å². The highest BCUT2D eigenvalue weighted by molar-refractivity contribution is 5.78. The van der Waals surface area contributed by atoms with Crippen molar-refractivity contribution >= 4 is 11.9 Å². The molecular formula is C24H37N5O4. The van der Waals surface area contributed by atoms with Crippen molar-refractivity contribution in [3.63, 3.8) is 0 Å². The van der Waals surface area contributed by atoms with Crippen molar-refractivity contribution in [2.75, 3.05) is 85.8 Å². The Balaban J connectivity index is 1.25. The zero-order chi connectivity index (χ0) is 23.0. The van der Waals surface area contributed by atoms with Crippen LogP contribution in [0.2, 0.25) is 0 Å². The molecule has 1 aromatic rings. The zero-order valence-electron chi connectivity index (χ0n) is 19.7. The first kappa shape index (κ1) is 23.8. The SMILES string of the molecule is COc1ccc([C@@H](CNC(=O)N2CCN(CC(=O)N3CCOCC3)CC2)N2CCCC2)cc1. The lowest BCUT2D eigenvalue weighted by Crippen LogP contribution is -2.55. The Bertz CT molecular complexity index is 770. The third kappa shape index (κ3) is 6.37. The van der Waals surface area contributed by atoms with E-state index in [4.69, 9.17) is 9.47 Å². The van der Waals surface area contributed by atoms with E-state index < -0.39 is 0 Å². The molecule has 3 amide bonds. The molecule has 0 spiro atoms. The lowest BCUT2D eigenvalue weighted by atomic mass is 10.1. The molecule has 3 aliphatic rings. The summed E-state index contributed by atoms with van der Waals surface area (Å²) >= 11 is 0. The summed E-state index contributed by atoms with van der Waals surface area (Å²) in [7, 11) is 1.67. The number of carbonyl (C=O) groups is 2. The van der Waals surface area contributed by atoms with Crippen LogP contribution in [0.5, 0.6) is 5.75 Å². The fraction of sp³-hybridized carbons (Fsp3) is 0.667. The van der Waals surface area contributed by atoms with Crippen LogP contribution in [0.1, 0.15) is 24.4 Å².